The lowest BCUT2D eigenvalue weighted by atomic mass is 10.0. The average Bonchev–Trinajstić information content (AvgIpc) is 2.04. The van der Waals surface area contributed by atoms with Gasteiger partial charge in [0.1, 0.15) is 0 Å². The first kappa shape index (κ1) is 12.9. The highest BCUT2D eigenvalue weighted by molar-refractivity contribution is 4.65. The zero-order valence-corrected chi connectivity index (χ0v) is 9.60. The zero-order chi connectivity index (χ0) is 10.1. The second-order valence-corrected chi connectivity index (χ2v) is 4.03. The minimum atomic E-state index is 0.550. The number of likely N-dealkylation sites (N-methyl/N-ethyl adjacent to an activating group) is 1. The van der Waals surface area contributed by atoms with Crippen LogP contribution in [0.2, 0.25) is 0 Å². The Hall–Kier alpha value is -0.0800. The van der Waals surface area contributed by atoms with Gasteiger partial charge in [-0.15, -0.1) is 0 Å². The van der Waals surface area contributed by atoms with Crippen LogP contribution in [0.5, 0.6) is 0 Å². The maximum absolute atomic E-state index is 5.15. The molecule has 0 bridgehead atoms. The van der Waals surface area contributed by atoms with Crippen LogP contribution in [0.4, 0.5) is 0 Å². The third-order valence-electron chi connectivity index (χ3n) is 2.19. The van der Waals surface area contributed by atoms with Crippen LogP contribution in [0.15, 0.2) is 0 Å². The summed E-state index contributed by atoms with van der Waals surface area (Å²) in [5, 5.41) is 3.43. The van der Waals surface area contributed by atoms with Gasteiger partial charge in [-0.25, -0.2) is 0 Å². The van der Waals surface area contributed by atoms with Crippen molar-refractivity contribution in [1.82, 2.24) is 5.32 Å². The van der Waals surface area contributed by atoms with Crippen LogP contribution >= 0.6 is 0 Å². The van der Waals surface area contributed by atoms with Crippen LogP contribution in [-0.4, -0.2) is 26.3 Å². The molecule has 80 valence electrons. The Bertz CT molecular complexity index is 98.3. The van der Waals surface area contributed by atoms with E-state index < -0.39 is 0 Å². The summed E-state index contributed by atoms with van der Waals surface area (Å²) in [5.74, 6) is 0.824. The fourth-order valence-electron chi connectivity index (χ4n) is 1.51. The molecule has 1 unspecified atom stereocenters. The van der Waals surface area contributed by atoms with E-state index in [0.717, 1.165) is 19.1 Å². The van der Waals surface area contributed by atoms with Crippen LogP contribution < -0.4 is 5.32 Å². The normalized spacial score (nSPS) is 13.6. The molecule has 2 nitrogen and oxygen atoms in total. The maximum Gasteiger partial charge on any atom is 0.0615 e. The molecule has 2 heteroatoms. The molecule has 0 aliphatic heterocycles. The third-order valence-corrected chi connectivity index (χ3v) is 2.19. The number of rotatable bonds is 8. The summed E-state index contributed by atoms with van der Waals surface area (Å²) in [4.78, 5) is 0. The topological polar surface area (TPSA) is 21.3 Å². The first-order chi connectivity index (χ1) is 6.20. The van der Waals surface area contributed by atoms with Crippen LogP contribution in [0.1, 0.15) is 40.0 Å². The van der Waals surface area contributed by atoms with Gasteiger partial charge in [0.05, 0.1) is 6.61 Å². The second kappa shape index (κ2) is 8.52. The summed E-state index contributed by atoms with van der Waals surface area (Å²) in [6.07, 6.45) is 3.87. The summed E-state index contributed by atoms with van der Waals surface area (Å²) in [7, 11) is 1.77. The van der Waals surface area contributed by atoms with E-state index in [2.05, 4.69) is 26.1 Å². The zero-order valence-electron chi connectivity index (χ0n) is 9.60. The van der Waals surface area contributed by atoms with E-state index in [-0.39, 0.29) is 0 Å². The van der Waals surface area contributed by atoms with Crippen molar-refractivity contribution in [2.75, 3.05) is 20.3 Å². The largest absolute Gasteiger partial charge is 0.383 e. The lowest BCUT2D eigenvalue weighted by molar-refractivity contribution is 0.161. The molecule has 0 rings (SSSR count). The van der Waals surface area contributed by atoms with Crippen LogP contribution in [0.3, 0.4) is 0 Å². The Morgan fingerprint density at radius 2 is 1.92 bits per heavy atom. The van der Waals surface area contributed by atoms with Gasteiger partial charge in [-0.1, -0.05) is 33.6 Å². The Labute approximate surface area is 83.1 Å². The van der Waals surface area contributed by atoms with Crippen molar-refractivity contribution in [3.8, 4) is 0 Å². The van der Waals surface area contributed by atoms with Gasteiger partial charge in [-0.3, -0.25) is 0 Å². The van der Waals surface area contributed by atoms with Gasteiger partial charge < -0.3 is 10.1 Å². The van der Waals surface area contributed by atoms with Crippen molar-refractivity contribution in [3.05, 3.63) is 0 Å². The minimum absolute atomic E-state index is 0.550. The minimum Gasteiger partial charge on any atom is -0.383 e. The predicted octanol–water partition coefficient (Wildman–Crippen LogP) is 2.44. The molecule has 0 aliphatic carbocycles. The maximum atomic E-state index is 5.15. The number of ether oxygens (including phenoxy) is 1. The van der Waals surface area contributed by atoms with Gasteiger partial charge in [-0.2, -0.15) is 0 Å². The molecule has 0 amide bonds. The fourth-order valence-corrected chi connectivity index (χ4v) is 1.51. The molecular weight excluding hydrogens is 162 g/mol. The molecule has 1 N–H and O–H groups in total. The number of hydrogen-bond acceptors (Lipinski definition) is 2. The highest BCUT2D eigenvalue weighted by atomic mass is 16.5. The number of nitrogens with one attached hydrogen (secondary N) is 1. The van der Waals surface area contributed by atoms with E-state index in [4.69, 9.17) is 4.74 Å². The molecular formula is C11H25NO. The van der Waals surface area contributed by atoms with Crippen molar-refractivity contribution >= 4 is 0 Å². The SMILES string of the molecule is CCNC(CCCC(C)C)COC. The van der Waals surface area contributed by atoms with Crippen molar-refractivity contribution in [2.45, 2.75) is 46.1 Å². The number of methoxy groups -OCH3 is 1. The van der Waals surface area contributed by atoms with E-state index >= 15 is 0 Å². The van der Waals surface area contributed by atoms with Gasteiger partial charge in [-0.05, 0) is 18.9 Å². The van der Waals surface area contributed by atoms with Gasteiger partial charge in [0.2, 0.25) is 0 Å². The van der Waals surface area contributed by atoms with Crippen molar-refractivity contribution < 1.29 is 4.74 Å². The van der Waals surface area contributed by atoms with Gasteiger partial charge in [0.25, 0.3) is 0 Å². The lowest BCUT2D eigenvalue weighted by Gasteiger charge is -2.17. The molecule has 13 heavy (non-hydrogen) atoms. The van der Waals surface area contributed by atoms with Crippen molar-refractivity contribution in [1.29, 1.82) is 0 Å². The Kier molecular flexibility index (Phi) is 8.46. The van der Waals surface area contributed by atoms with Crippen LogP contribution in [-0.2, 0) is 4.74 Å². The molecule has 0 aromatic rings. The van der Waals surface area contributed by atoms with Crippen LogP contribution in [0.25, 0.3) is 0 Å². The van der Waals surface area contributed by atoms with E-state index in [1.54, 1.807) is 7.11 Å². The smallest absolute Gasteiger partial charge is 0.0615 e. The van der Waals surface area contributed by atoms with Crippen LogP contribution in [0, 0.1) is 5.92 Å². The van der Waals surface area contributed by atoms with E-state index in [1.807, 2.05) is 0 Å². The molecule has 0 saturated heterocycles. The Morgan fingerprint density at radius 3 is 2.38 bits per heavy atom. The van der Waals surface area contributed by atoms with E-state index in [9.17, 15) is 0 Å². The predicted molar refractivity (Wildman–Crippen MR) is 58.0 cm³/mol. The molecule has 0 saturated carbocycles. The molecule has 0 aliphatic rings. The summed E-state index contributed by atoms with van der Waals surface area (Å²) >= 11 is 0. The van der Waals surface area contributed by atoms with Gasteiger partial charge in [0, 0.05) is 13.2 Å². The summed E-state index contributed by atoms with van der Waals surface area (Å²) in [6, 6.07) is 0.550. The first-order valence-corrected chi connectivity index (χ1v) is 5.43. The molecule has 0 aromatic heterocycles. The summed E-state index contributed by atoms with van der Waals surface area (Å²) in [5.41, 5.74) is 0. The highest BCUT2D eigenvalue weighted by Gasteiger charge is 2.06. The van der Waals surface area contributed by atoms with Gasteiger partial charge >= 0.3 is 0 Å². The molecule has 0 aromatic carbocycles. The summed E-state index contributed by atoms with van der Waals surface area (Å²) in [6.45, 7) is 8.57. The first-order valence-electron chi connectivity index (χ1n) is 5.43. The molecule has 1 atom stereocenters. The lowest BCUT2D eigenvalue weighted by Crippen LogP contribution is -2.32. The highest BCUT2D eigenvalue weighted by Crippen LogP contribution is 2.08. The Balaban J connectivity index is 3.44. The molecule has 0 fully saturated rings. The van der Waals surface area contributed by atoms with Crippen molar-refractivity contribution in [2.24, 2.45) is 5.92 Å². The molecule has 0 heterocycles. The fraction of sp³-hybridized carbons (Fsp3) is 1.00. The quantitative estimate of drug-likeness (QED) is 0.630. The van der Waals surface area contributed by atoms with E-state index in [1.165, 1.54) is 19.3 Å². The standard InChI is InChI=1S/C11H25NO/c1-5-12-11(9-13-4)8-6-7-10(2)3/h10-12H,5-9H2,1-4H3. The number of hydrogen-bond donors (Lipinski definition) is 1. The monoisotopic (exact) mass is 187 g/mol. The Morgan fingerprint density at radius 1 is 1.23 bits per heavy atom. The van der Waals surface area contributed by atoms with E-state index in [0.29, 0.717) is 6.04 Å². The molecule has 0 spiro atoms. The second-order valence-electron chi connectivity index (χ2n) is 4.03. The molecule has 0 radical (unpaired) electrons. The summed E-state index contributed by atoms with van der Waals surface area (Å²) < 4.78 is 5.15. The third kappa shape index (κ3) is 8.26. The van der Waals surface area contributed by atoms with Gasteiger partial charge in [0.15, 0.2) is 0 Å². The van der Waals surface area contributed by atoms with Crippen molar-refractivity contribution in [3.63, 3.8) is 0 Å². The average molecular weight is 187 g/mol.